The molecule has 1 amide bonds. The van der Waals surface area contributed by atoms with E-state index in [1.165, 1.54) is 89.9 Å². The summed E-state index contributed by atoms with van der Waals surface area (Å²) >= 11 is 0. The van der Waals surface area contributed by atoms with Gasteiger partial charge in [0.2, 0.25) is 0 Å². The van der Waals surface area contributed by atoms with E-state index in [1.54, 1.807) is 18.5 Å². The summed E-state index contributed by atoms with van der Waals surface area (Å²) in [6.07, 6.45) is 40.7. The number of hydrogen-bond acceptors (Lipinski definition) is 7. The monoisotopic (exact) mass is 874 g/mol. The molecule has 0 radical (unpaired) electrons. The Bertz CT molecular complexity index is 1120. The Labute approximate surface area is 381 Å². The number of hydrogen-bond donors (Lipinski definition) is 3. The first-order chi connectivity index (χ1) is 30.3. The van der Waals surface area contributed by atoms with Crippen LogP contribution in [0, 0.1) is 0 Å². The predicted molar refractivity (Wildman–Crippen MR) is 260 cm³/mol. The van der Waals surface area contributed by atoms with Crippen molar-refractivity contribution >= 4 is 17.8 Å². The molecule has 0 bridgehead atoms. The highest BCUT2D eigenvalue weighted by atomic mass is 16.5. The highest BCUT2D eigenvalue weighted by Crippen LogP contribution is 2.20. The van der Waals surface area contributed by atoms with Crippen LogP contribution in [0.1, 0.15) is 263 Å². The van der Waals surface area contributed by atoms with Gasteiger partial charge in [0.25, 0.3) is 5.91 Å². The number of aliphatic hydroxyl groups is 1. The standard InChI is InChI=1S/C53H99N3O6/c1-5-9-13-15-18-25-36-50(37-26-19-16-14-10-6-2)62-51(58)38-27-20-17-21-31-43-56(46-48(57)33-29-30-41-55-53(60)47-40-42-54-45-47)44-32-22-28-39-52(59)61-49(34-23-11-7-3)35-24-12-8-4/h40,42,45,48-50,54,57H,5-39,41,43-44,46H2,1-4H3,(H,55,60). The number of rotatable bonds is 46. The van der Waals surface area contributed by atoms with Crippen LogP contribution in [0.4, 0.5) is 0 Å². The van der Waals surface area contributed by atoms with Crippen LogP contribution in [0.25, 0.3) is 0 Å². The van der Waals surface area contributed by atoms with Crippen molar-refractivity contribution in [2.75, 3.05) is 26.2 Å². The van der Waals surface area contributed by atoms with Crippen LogP contribution >= 0.6 is 0 Å². The molecule has 9 nitrogen and oxygen atoms in total. The van der Waals surface area contributed by atoms with Gasteiger partial charge in [0.1, 0.15) is 12.2 Å². The lowest BCUT2D eigenvalue weighted by molar-refractivity contribution is -0.151. The number of nitrogens with zero attached hydrogens (tertiary/aromatic N) is 1. The zero-order valence-corrected chi connectivity index (χ0v) is 41.0. The van der Waals surface area contributed by atoms with E-state index in [4.69, 9.17) is 9.47 Å². The average molecular weight is 874 g/mol. The van der Waals surface area contributed by atoms with Crippen molar-refractivity contribution in [1.82, 2.24) is 15.2 Å². The lowest BCUT2D eigenvalue weighted by Crippen LogP contribution is -2.34. The normalized spacial score (nSPS) is 12.1. The molecule has 0 aromatic carbocycles. The van der Waals surface area contributed by atoms with Gasteiger partial charge in [0, 0.05) is 38.3 Å². The predicted octanol–water partition coefficient (Wildman–Crippen LogP) is 14.0. The van der Waals surface area contributed by atoms with Gasteiger partial charge in [-0.2, -0.15) is 0 Å². The number of esters is 2. The van der Waals surface area contributed by atoms with Crippen LogP contribution in [-0.4, -0.2) is 77.3 Å². The van der Waals surface area contributed by atoms with Gasteiger partial charge in [-0.25, -0.2) is 0 Å². The lowest BCUT2D eigenvalue weighted by Gasteiger charge is -2.25. The maximum absolute atomic E-state index is 12.9. The second kappa shape index (κ2) is 42.6. The molecule has 0 spiro atoms. The van der Waals surface area contributed by atoms with Crippen molar-refractivity contribution in [2.24, 2.45) is 0 Å². The average Bonchev–Trinajstić information content (AvgIpc) is 3.81. The first-order valence-corrected chi connectivity index (χ1v) is 26.5. The van der Waals surface area contributed by atoms with E-state index in [0.717, 1.165) is 129 Å². The minimum Gasteiger partial charge on any atom is -0.462 e. The number of aliphatic hydroxyl groups excluding tert-OH is 1. The number of carbonyl (C=O) groups excluding carboxylic acids is 3. The third-order valence-corrected chi connectivity index (χ3v) is 12.4. The molecule has 0 aliphatic heterocycles. The molecule has 3 N–H and O–H groups in total. The molecule has 0 aliphatic carbocycles. The first kappa shape index (κ1) is 57.6. The smallest absolute Gasteiger partial charge is 0.306 e. The molecule has 0 aliphatic rings. The van der Waals surface area contributed by atoms with Crippen LogP contribution < -0.4 is 5.32 Å². The van der Waals surface area contributed by atoms with E-state index in [9.17, 15) is 19.5 Å². The number of unbranched alkanes of at least 4 members (excludes halogenated alkanes) is 21. The maximum Gasteiger partial charge on any atom is 0.306 e. The Hall–Kier alpha value is -2.39. The Morgan fingerprint density at radius 2 is 0.952 bits per heavy atom. The molecule has 1 atom stereocenters. The number of amides is 1. The molecule has 1 rings (SSSR count). The number of ether oxygens (including phenoxy) is 2. The summed E-state index contributed by atoms with van der Waals surface area (Å²) in [6, 6.07) is 1.77. The molecule has 362 valence electrons. The molecule has 0 saturated carbocycles. The summed E-state index contributed by atoms with van der Waals surface area (Å²) in [4.78, 5) is 43.2. The fourth-order valence-electron chi connectivity index (χ4n) is 8.44. The first-order valence-electron chi connectivity index (χ1n) is 26.5. The van der Waals surface area contributed by atoms with Gasteiger partial charge >= 0.3 is 11.9 Å². The zero-order valence-electron chi connectivity index (χ0n) is 41.0. The molecule has 1 unspecified atom stereocenters. The van der Waals surface area contributed by atoms with Crippen molar-refractivity contribution in [3.05, 3.63) is 24.0 Å². The summed E-state index contributed by atoms with van der Waals surface area (Å²) in [5, 5.41) is 14.0. The van der Waals surface area contributed by atoms with Gasteiger partial charge in [0.15, 0.2) is 0 Å². The minimum atomic E-state index is -0.417. The number of carbonyl (C=O) groups is 3. The van der Waals surface area contributed by atoms with Crippen molar-refractivity contribution in [2.45, 2.75) is 271 Å². The molecule has 1 aromatic rings. The molecule has 0 fully saturated rings. The van der Waals surface area contributed by atoms with Gasteiger partial charge < -0.3 is 29.8 Å². The molecule has 1 aromatic heterocycles. The molecular weight excluding hydrogens is 775 g/mol. The number of nitrogens with one attached hydrogen (secondary N) is 2. The van der Waals surface area contributed by atoms with E-state index < -0.39 is 6.10 Å². The summed E-state index contributed by atoms with van der Waals surface area (Å²) in [7, 11) is 0. The van der Waals surface area contributed by atoms with E-state index in [2.05, 4.69) is 42.9 Å². The number of aromatic amines is 1. The Morgan fingerprint density at radius 1 is 0.548 bits per heavy atom. The third-order valence-electron chi connectivity index (χ3n) is 12.4. The van der Waals surface area contributed by atoms with Gasteiger partial charge in [-0.3, -0.25) is 14.4 Å². The fraction of sp³-hybridized carbons (Fsp3) is 0.868. The van der Waals surface area contributed by atoms with Gasteiger partial charge in [0.05, 0.1) is 11.7 Å². The molecule has 62 heavy (non-hydrogen) atoms. The summed E-state index contributed by atoms with van der Waals surface area (Å²) < 4.78 is 12.0. The van der Waals surface area contributed by atoms with E-state index in [1.807, 2.05) is 0 Å². The van der Waals surface area contributed by atoms with Crippen LogP contribution in [0.3, 0.4) is 0 Å². The summed E-state index contributed by atoms with van der Waals surface area (Å²) in [5.41, 5.74) is 0.635. The van der Waals surface area contributed by atoms with E-state index in [-0.39, 0.29) is 30.1 Å². The van der Waals surface area contributed by atoms with Crippen molar-refractivity contribution in [3.8, 4) is 0 Å². The fourth-order valence-corrected chi connectivity index (χ4v) is 8.44. The van der Waals surface area contributed by atoms with E-state index in [0.29, 0.717) is 37.9 Å². The minimum absolute atomic E-state index is 0.0119. The van der Waals surface area contributed by atoms with Crippen LogP contribution in [-0.2, 0) is 19.1 Å². The largest absolute Gasteiger partial charge is 0.462 e. The van der Waals surface area contributed by atoms with Crippen LogP contribution in [0.5, 0.6) is 0 Å². The highest BCUT2D eigenvalue weighted by molar-refractivity contribution is 5.93. The lowest BCUT2D eigenvalue weighted by atomic mass is 10.0. The highest BCUT2D eigenvalue weighted by Gasteiger charge is 2.17. The molecule has 0 saturated heterocycles. The second-order valence-electron chi connectivity index (χ2n) is 18.5. The van der Waals surface area contributed by atoms with Crippen molar-refractivity contribution in [1.29, 1.82) is 0 Å². The van der Waals surface area contributed by atoms with Gasteiger partial charge in [-0.1, -0.05) is 143 Å². The molecule has 9 heteroatoms. The quantitative estimate of drug-likeness (QED) is 0.0441. The summed E-state index contributed by atoms with van der Waals surface area (Å²) in [6.45, 7) is 12.0. The Kier molecular flexibility index (Phi) is 39.6. The van der Waals surface area contributed by atoms with E-state index >= 15 is 0 Å². The second-order valence-corrected chi connectivity index (χ2v) is 18.5. The molecular formula is C53H99N3O6. The van der Waals surface area contributed by atoms with Crippen LogP contribution in [0.2, 0.25) is 0 Å². The SMILES string of the molecule is CCCCCCCCC(CCCCCCCC)OC(=O)CCCCCCCN(CCCCCC(=O)OC(CCCCC)CCCCC)CC(O)CCCCNC(=O)c1cc[nH]c1. The van der Waals surface area contributed by atoms with Crippen molar-refractivity contribution < 1.29 is 29.0 Å². The van der Waals surface area contributed by atoms with Gasteiger partial charge in [-0.15, -0.1) is 0 Å². The Balaban J connectivity index is 2.50. The Morgan fingerprint density at radius 3 is 1.44 bits per heavy atom. The number of aromatic nitrogens is 1. The topological polar surface area (TPSA) is 121 Å². The number of H-pyrrole nitrogens is 1. The molecule has 1 heterocycles. The van der Waals surface area contributed by atoms with Crippen LogP contribution in [0.15, 0.2) is 18.5 Å². The summed E-state index contributed by atoms with van der Waals surface area (Å²) in [5.74, 6) is -0.132. The van der Waals surface area contributed by atoms with Crippen molar-refractivity contribution in [3.63, 3.8) is 0 Å². The maximum atomic E-state index is 12.9. The van der Waals surface area contributed by atoms with Gasteiger partial charge in [-0.05, 0) is 115 Å². The third kappa shape index (κ3) is 35.0. The zero-order chi connectivity index (χ0) is 45.1.